The van der Waals surface area contributed by atoms with Crippen LogP contribution in [0.1, 0.15) is 16.4 Å². The average Bonchev–Trinajstić information content (AvgIpc) is 2.49. The highest BCUT2D eigenvalue weighted by molar-refractivity contribution is 9.10. The van der Waals surface area contributed by atoms with Crippen LogP contribution in [0.3, 0.4) is 0 Å². The first-order valence-electron chi connectivity index (χ1n) is 6.38. The van der Waals surface area contributed by atoms with Gasteiger partial charge in [0.2, 0.25) is 0 Å². The molecule has 0 aliphatic carbocycles. The molecule has 0 N–H and O–H groups in total. The molecular formula is C16H11Br2NOS. The van der Waals surface area contributed by atoms with Gasteiger partial charge in [-0.3, -0.25) is 4.79 Å². The summed E-state index contributed by atoms with van der Waals surface area (Å²) in [5, 5.41) is 0.0944. The molecule has 2 aromatic rings. The molecule has 1 unspecified atom stereocenters. The molecule has 0 saturated carbocycles. The molecule has 1 atom stereocenters. The molecule has 0 radical (unpaired) electrons. The van der Waals surface area contributed by atoms with Gasteiger partial charge in [0.15, 0.2) is 0 Å². The fourth-order valence-corrected chi connectivity index (χ4v) is 3.79. The second kappa shape index (κ2) is 6.46. The fraction of sp³-hybridized carbons (Fsp3) is 0.125. The van der Waals surface area contributed by atoms with Gasteiger partial charge in [-0.25, -0.2) is 4.99 Å². The summed E-state index contributed by atoms with van der Waals surface area (Å²) in [5.41, 5.74) is 3.00. The molecule has 0 saturated heterocycles. The molecule has 1 aliphatic rings. The minimum atomic E-state index is -0.0636. The second-order valence-corrected chi connectivity index (χ2v) is 7.57. The number of nitrogens with zero attached hydrogens (tertiary/aromatic N) is 1. The van der Waals surface area contributed by atoms with Crippen molar-refractivity contribution in [2.24, 2.45) is 4.99 Å². The topological polar surface area (TPSA) is 29.4 Å². The van der Waals surface area contributed by atoms with Crippen LogP contribution in [0.5, 0.6) is 0 Å². The highest BCUT2D eigenvalue weighted by Gasteiger charge is 2.26. The van der Waals surface area contributed by atoms with Gasteiger partial charge < -0.3 is 0 Å². The van der Waals surface area contributed by atoms with E-state index in [0.717, 1.165) is 25.8 Å². The molecule has 1 aliphatic heterocycles. The first kappa shape index (κ1) is 15.0. The zero-order chi connectivity index (χ0) is 14.8. The van der Waals surface area contributed by atoms with Crippen molar-refractivity contribution < 1.29 is 4.79 Å². The summed E-state index contributed by atoms with van der Waals surface area (Å²) in [6, 6.07) is 16.1. The first-order chi connectivity index (χ1) is 10.1. The van der Waals surface area contributed by atoms with Gasteiger partial charge in [0.1, 0.15) is 0 Å². The second-order valence-electron chi connectivity index (χ2n) is 4.64. The van der Waals surface area contributed by atoms with Gasteiger partial charge in [-0.05, 0) is 35.4 Å². The quantitative estimate of drug-likeness (QED) is 0.677. The van der Waals surface area contributed by atoms with Crippen LogP contribution in [0.2, 0.25) is 0 Å². The van der Waals surface area contributed by atoms with Crippen molar-refractivity contribution in [3.05, 3.63) is 68.6 Å². The van der Waals surface area contributed by atoms with Gasteiger partial charge in [-0.15, -0.1) is 11.8 Å². The molecule has 0 bridgehead atoms. The van der Waals surface area contributed by atoms with Crippen LogP contribution in [-0.4, -0.2) is 17.4 Å². The highest BCUT2D eigenvalue weighted by atomic mass is 79.9. The number of benzene rings is 2. The lowest BCUT2D eigenvalue weighted by Crippen LogP contribution is -2.20. The van der Waals surface area contributed by atoms with E-state index in [4.69, 9.17) is 0 Å². The lowest BCUT2D eigenvalue weighted by Gasteiger charge is -2.23. The maximum Gasteiger partial charge on any atom is 0.255 e. The van der Waals surface area contributed by atoms with E-state index >= 15 is 0 Å². The van der Waals surface area contributed by atoms with E-state index in [0.29, 0.717) is 5.75 Å². The molecule has 1 amide bonds. The van der Waals surface area contributed by atoms with E-state index in [-0.39, 0.29) is 11.2 Å². The molecule has 106 valence electrons. The Morgan fingerprint density at radius 2 is 1.52 bits per heavy atom. The third kappa shape index (κ3) is 3.47. The minimum absolute atomic E-state index is 0.0636. The number of carbonyl (C=O) groups excluding carboxylic acids is 1. The molecule has 0 spiro atoms. The van der Waals surface area contributed by atoms with Gasteiger partial charge in [-0.1, -0.05) is 56.1 Å². The standard InChI is InChI=1S/C16H11Br2NOS/c17-12-5-1-10(2-6-12)15-16(21-9-14(20)19-15)11-3-7-13(18)8-4-11/h1-8,16H,9H2. The van der Waals surface area contributed by atoms with Crippen LogP contribution in [-0.2, 0) is 4.79 Å². The Morgan fingerprint density at radius 1 is 0.952 bits per heavy atom. The van der Waals surface area contributed by atoms with Gasteiger partial charge in [-0.2, -0.15) is 0 Å². The SMILES string of the molecule is O=C1CSC(c2ccc(Br)cc2)C(c2ccc(Br)cc2)=N1. The normalized spacial score (nSPS) is 18.5. The van der Waals surface area contributed by atoms with E-state index in [1.54, 1.807) is 11.8 Å². The van der Waals surface area contributed by atoms with Gasteiger partial charge in [0, 0.05) is 8.95 Å². The lowest BCUT2D eigenvalue weighted by molar-refractivity contribution is -0.115. The zero-order valence-corrected chi connectivity index (χ0v) is 14.9. The third-order valence-electron chi connectivity index (χ3n) is 3.18. The van der Waals surface area contributed by atoms with E-state index in [1.807, 2.05) is 36.4 Å². The van der Waals surface area contributed by atoms with Crippen LogP contribution < -0.4 is 0 Å². The number of halogens is 2. The van der Waals surface area contributed by atoms with Crippen molar-refractivity contribution in [3.63, 3.8) is 0 Å². The minimum Gasteiger partial charge on any atom is -0.272 e. The number of rotatable bonds is 2. The lowest BCUT2D eigenvalue weighted by atomic mass is 10.0. The number of amides is 1. The smallest absolute Gasteiger partial charge is 0.255 e. The molecule has 21 heavy (non-hydrogen) atoms. The van der Waals surface area contributed by atoms with E-state index in [9.17, 15) is 4.79 Å². The van der Waals surface area contributed by atoms with E-state index in [2.05, 4.69) is 49.0 Å². The molecule has 0 fully saturated rings. The summed E-state index contributed by atoms with van der Waals surface area (Å²) in [5.74, 6) is 0.368. The molecule has 0 aromatic heterocycles. The molecule has 2 nitrogen and oxygen atoms in total. The summed E-state index contributed by atoms with van der Waals surface area (Å²) in [6.07, 6.45) is 0. The number of hydrogen-bond acceptors (Lipinski definition) is 2. The van der Waals surface area contributed by atoms with Crippen molar-refractivity contribution in [1.82, 2.24) is 0 Å². The first-order valence-corrected chi connectivity index (χ1v) is 9.01. The number of carbonyl (C=O) groups is 1. The summed E-state index contributed by atoms with van der Waals surface area (Å²) in [7, 11) is 0. The van der Waals surface area contributed by atoms with E-state index in [1.165, 1.54) is 0 Å². The van der Waals surface area contributed by atoms with Crippen LogP contribution in [0.4, 0.5) is 0 Å². The molecule has 2 aromatic carbocycles. The Balaban J connectivity index is 2.02. The molecular weight excluding hydrogens is 414 g/mol. The van der Waals surface area contributed by atoms with Crippen molar-refractivity contribution in [2.75, 3.05) is 5.75 Å². The summed E-state index contributed by atoms with van der Waals surface area (Å²) in [4.78, 5) is 16.0. The molecule has 1 heterocycles. The Hall–Kier alpha value is -0.910. The Morgan fingerprint density at radius 3 is 2.14 bits per heavy atom. The maximum atomic E-state index is 11.7. The summed E-state index contributed by atoms with van der Waals surface area (Å²) in [6.45, 7) is 0. The zero-order valence-electron chi connectivity index (χ0n) is 10.9. The Kier molecular flexibility index (Phi) is 4.62. The highest BCUT2D eigenvalue weighted by Crippen LogP contribution is 2.36. The summed E-state index contributed by atoms with van der Waals surface area (Å²) >= 11 is 8.51. The number of hydrogen-bond donors (Lipinski definition) is 0. The predicted molar refractivity (Wildman–Crippen MR) is 95.0 cm³/mol. The van der Waals surface area contributed by atoms with Crippen molar-refractivity contribution in [2.45, 2.75) is 5.25 Å². The van der Waals surface area contributed by atoms with Gasteiger partial charge >= 0.3 is 0 Å². The van der Waals surface area contributed by atoms with Gasteiger partial charge in [0.05, 0.1) is 16.7 Å². The third-order valence-corrected chi connectivity index (χ3v) is 5.48. The number of aliphatic imine (C=N–C) groups is 1. The van der Waals surface area contributed by atoms with Crippen LogP contribution in [0.15, 0.2) is 62.5 Å². The molecule has 5 heteroatoms. The number of thioether (sulfide) groups is 1. The van der Waals surface area contributed by atoms with Crippen LogP contribution >= 0.6 is 43.6 Å². The monoisotopic (exact) mass is 423 g/mol. The summed E-state index contributed by atoms with van der Waals surface area (Å²) < 4.78 is 2.06. The van der Waals surface area contributed by atoms with Crippen LogP contribution in [0, 0.1) is 0 Å². The van der Waals surface area contributed by atoms with Crippen LogP contribution in [0.25, 0.3) is 0 Å². The Bertz CT molecular complexity index is 695. The van der Waals surface area contributed by atoms with Crippen molar-refractivity contribution in [3.8, 4) is 0 Å². The predicted octanol–water partition coefficient (Wildman–Crippen LogP) is 5.02. The molecule has 3 rings (SSSR count). The van der Waals surface area contributed by atoms with Crippen molar-refractivity contribution >= 4 is 55.2 Å². The largest absolute Gasteiger partial charge is 0.272 e. The average molecular weight is 425 g/mol. The Labute approximate surface area is 144 Å². The maximum absolute atomic E-state index is 11.7. The van der Waals surface area contributed by atoms with Gasteiger partial charge in [0.25, 0.3) is 5.91 Å². The van der Waals surface area contributed by atoms with E-state index < -0.39 is 0 Å². The fourth-order valence-electron chi connectivity index (χ4n) is 2.19. The van der Waals surface area contributed by atoms with Crippen molar-refractivity contribution in [1.29, 1.82) is 0 Å².